The lowest BCUT2D eigenvalue weighted by Gasteiger charge is -2.22. The summed E-state index contributed by atoms with van der Waals surface area (Å²) in [5.41, 5.74) is 0.487. The van der Waals surface area contributed by atoms with Gasteiger partial charge in [0, 0.05) is 19.2 Å². The van der Waals surface area contributed by atoms with E-state index < -0.39 is 11.7 Å². The zero-order valence-electron chi connectivity index (χ0n) is 16.4. The van der Waals surface area contributed by atoms with E-state index in [-0.39, 0.29) is 11.9 Å². The standard InChI is InChI=1S/C20H31N3O3/c1-20(2,3)26-19(25)22-17(15-16-9-7-6-8-10-16)11-12-18(24)21-13-14-23(4)5/h6-12,17H,13-15H2,1-5H3,(H,21,24)(H,22,25)/t17-/m0/s1. The van der Waals surface area contributed by atoms with Gasteiger partial charge in [0.15, 0.2) is 0 Å². The lowest BCUT2D eigenvalue weighted by atomic mass is 10.1. The van der Waals surface area contributed by atoms with E-state index in [1.165, 1.54) is 6.08 Å². The monoisotopic (exact) mass is 361 g/mol. The third-order valence-electron chi connectivity index (χ3n) is 3.34. The zero-order valence-corrected chi connectivity index (χ0v) is 16.4. The van der Waals surface area contributed by atoms with Crippen LogP contribution in [-0.4, -0.2) is 55.7 Å². The van der Waals surface area contributed by atoms with Crippen molar-refractivity contribution in [2.75, 3.05) is 27.2 Å². The molecule has 26 heavy (non-hydrogen) atoms. The Kier molecular flexibility index (Phi) is 8.85. The molecule has 2 N–H and O–H groups in total. The first-order valence-corrected chi connectivity index (χ1v) is 8.80. The third kappa shape index (κ3) is 10.5. The average molecular weight is 361 g/mol. The highest BCUT2D eigenvalue weighted by atomic mass is 16.6. The number of ether oxygens (including phenoxy) is 1. The number of carbonyl (C=O) groups is 2. The fourth-order valence-corrected chi connectivity index (χ4v) is 2.16. The Labute approximate surface area is 156 Å². The summed E-state index contributed by atoms with van der Waals surface area (Å²) < 4.78 is 5.31. The van der Waals surface area contributed by atoms with Crippen molar-refractivity contribution in [2.24, 2.45) is 0 Å². The van der Waals surface area contributed by atoms with Crippen LogP contribution in [0.1, 0.15) is 26.3 Å². The topological polar surface area (TPSA) is 70.7 Å². The molecule has 0 aliphatic carbocycles. The van der Waals surface area contributed by atoms with Crippen molar-refractivity contribution in [1.29, 1.82) is 0 Å². The van der Waals surface area contributed by atoms with Gasteiger partial charge in [-0.05, 0) is 46.9 Å². The van der Waals surface area contributed by atoms with Crippen LogP contribution in [0.25, 0.3) is 0 Å². The second-order valence-corrected chi connectivity index (χ2v) is 7.40. The van der Waals surface area contributed by atoms with Gasteiger partial charge < -0.3 is 20.3 Å². The maximum atomic E-state index is 12.1. The SMILES string of the molecule is CN(C)CCNC(=O)C=C[C@@H](Cc1ccccc1)NC(=O)OC(C)(C)C. The Balaban J connectivity index is 2.69. The summed E-state index contributed by atoms with van der Waals surface area (Å²) in [6, 6.07) is 9.44. The molecule has 144 valence electrons. The molecular formula is C20H31N3O3. The number of nitrogens with one attached hydrogen (secondary N) is 2. The molecule has 0 aliphatic rings. The molecule has 1 atom stereocenters. The number of likely N-dealkylation sites (N-methyl/N-ethyl adjacent to an activating group) is 1. The van der Waals surface area contributed by atoms with Gasteiger partial charge in [-0.1, -0.05) is 36.4 Å². The van der Waals surface area contributed by atoms with Crippen molar-refractivity contribution in [3.63, 3.8) is 0 Å². The second kappa shape index (κ2) is 10.6. The van der Waals surface area contributed by atoms with E-state index in [0.717, 1.165) is 12.1 Å². The maximum Gasteiger partial charge on any atom is 0.408 e. The summed E-state index contributed by atoms with van der Waals surface area (Å²) >= 11 is 0. The number of benzene rings is 1. The molecule has 1 rings (SSSR count). The van der Waals surface area contributed by atoms with E-state index in [0.29, 0.717) is 13.0 Å². The first-order valence-electron chi connectivity index (χ1n) is 8.80. The van der Waals surface area contributed by atoms with Crippen molar-refractivity contribution in [3.05, 3.63) is 48.0 Å². The Morgan fingerprint density at radius 3 is 2.42 bits per heavy atom. The van der Waals surface area contributed by atoms with E-state index >= 15 is 0 Å². The van der Waals surface area contributed by atoms with E-state index in [9.17, 15) is 9.59 Å². The van der Waals surface area contributed by atoms with Gasteiger partial charge in [-0.25, -0.2) is 4.79 Å². The highest BCUT2D eigenvalue weighted by molar-refractivity contribution is 5.87. The quantitative estimate of drug-likeness (QED) is 0.698. The van der Waals surface area contributed by atoms with Crippen molar-refractivity contribution >= 4 is 12.0 Å². The number of rotatable bonds is 8. The number of nitrogens with zero attached hydrogens (tertiary/aromatic N) is 1. The van der Waals surface area contributed by atoms with Crippen LogP contribution in [-0.2, 0) is 16.0 Å². The minimum absolute atomic E-state index is 0.184. The Morgan fingerprint density at radius 2 is 1.85 bits per heavy atom. The molecule has 1 aromatic rings. The Bertz CT molecular complexity index is 592. The first kappa shape index (κ1) is 21.7. The van der Waals surface area contributed by atoms with Gasteiger partial charge in [-0.15, -0.1) is 0 Å². The summed E-state index contributed by atoms with van der Waals surface area (Å²) in [7, 11) is 3.89. The van der Waals surface area contributed by atoms with Crippen LogP contribution in [0.5, 0.6) is 0 Å². The Hall–Kier alpha value is -2.34. The van der Waals surface area contributed by atoms with E-state index in [1.54, 1.807) is 6.08 Å². The van der Waals surface area contributed by atoms with Crippen molar-refractivity contribution in [1.82, 2.24) is 15.5 Å². The van der Waals surface area contributed by atoms with Gasteiger partial charge in [0.1, 0.15) is 5.60 Å². The number of hydrogen-bond donors (Lipinski definition) is 2. The van der Waals surface area contributed by atoms with Gasteiger partial charge in [-0.3, -0.25) is 4.79 Å². The van der Waals surface area contributed by atoms with Crippen LogP contribution in [0.15, 0.2) is 42.5 Å². The lowest BCUT2D eigenvalue weighted by molar-refractivity contribution is -0.116. The predicted molar refractivity (Wildman–Crippen MR) is 104 cm³/mol. The number of alkyl carbamates (subject to hydrolysis) is 1. The summed E-state index contributed by atoms with van der Waals surface area (Å²) in [5.74, 6) is -0.184. The largest absolute Gasteiger partial charge is 0.444 e. The summed E-state index contributed by atoms with van der Waals surface area (Å²) in [4.78, 5) is 26.0. The fraction of sp³-hybridized carbons (Fsp3) is 0.500. The summed E-state index contributed by atoms with van der Waals surface area (Å²) in [6.45, 7) is 6.77. The predicted octanol–water partition coefficient (Wildman–Crippen LogP) is 2.36. The molecule has 6 nitrogen and oxygen atoms in total. The van der Waals surface area contributed by atoms with E-state index in [4.69, 9.17) is 4.74 Å². The number of carbonyl (C=O) groups excluding carboxylic acids is 2. The molecule has 0 bridgehead atoms. The normalized spacial score (nSPS) is 12.8. The smallest absolute Gasteiger partial charge is 0.408 e. The zero-order chi connectivity index (χ0) is 19.6. The van der Waals surface area contributed by atoms with Crippen molar-refractivity contribution < 1.29 is 14.3 Å². The maximum absolute atomic E-state index is 12.1. The molecule has 0 aromatic heterocycles. The van der Waals surface area contributed by atoms with Crippen LogP contribution in [0.3, 0.4) is 0 Å². The molecule has 2 amide bonds. The lowest BCUT2D eigenvalue weighted by Crippen LogP contribution is -2.39. The van der Waals surface area contributed by atoms with Gasteiger partial charge in [0.2, 0.25) is 5.91 Å². The van der Waals surface area contributed by atoms with Crippen LogP contribution >= 0.6 is 0 Å². The molecule has 0 fully saturated rings. The van der Waals surface area contributed by atoms with Crippen LogP contribution in [0.2, 0.25) is 0 Å². The van der Waals surface area contributed by atoms with Gasteiger partial charge in [-0.2, -0.15) is 0 Å². The van der Waals surface area contributed by atoms with Crippen molar-refractivity contribution in [2.45, 2.75) is 38.8 Å². The second-order valence-electron chi connectivity index (χ2n) is 7.40. The van der Waals surface area contributed by atoms with Crippen LogP contribution in [0, 0.1) is 0 Å². The van der Waals surface area contributed by atoms with Crippen LogP contribution < -0.4 is 10.6 Å². The molecule has 0 radical (unpaired) electrons. The first-order chi connectivity index (χ1) is 12.2. The van der Waals surface area contributed by atoms with Crippen molar-refractivity contribution in [3.8, 4) is 0 Å². The average Bonchev–Trinajstić information content (AvgIpc) is 2.51. The van der Waals surface area contributed by atoms with E-state index in [1.807, 2.05) is 70.1 Å². The minimum Gasteiger partial charge on any atom is -0.444 e. The van der Waals surface area contributed by atoms with Gasteiger partial charge >= 0.3 is 6.09 Å². The van der Waals surface area contributed by atoms with E-state index in [2.05, 4.69) is 10.6 Å². The Morgan fingerprint density at radius 1 is 1.19 bits per heavy atom. The highest BCUT2D eigenvalue weighted by Gasteiger charge is 2.18. The molecule has 6 heteroatoms. The summed E-state index contributed by atoms with van der Waals surface area (Å²) in [6.07, 6.45) is 3.22. The third-order valence-corrected chi connectivity index (χ3v) is 3.34. The molecular weight excluding hydrogens is 330 g/mol. The molecule has 1 aromatic carbocycles. The van der Waals surface area contributed by atoms with Gasteiger partial charge in [0.05, 0.1) is 6.04 Å². The van der Waals surface area contributed by atoms with Gasteiger partial charge in [0.25, 0.3) is 0 Å². The molecule has 0 unspecified atom stereocenters. The summed E-state index contributed by atoms with van der Waals surface area (Å²) in [5, 5.41) is 5.63. The molecule has 0 aliphatic heterocycles. The molecule has 0 heterocycles. The highest BCUT2D eigenvalue weighted by Crippen LogP contribution is 2.09. The van der Waals surface area contributed by atoms with Crippen LogP contribution in [0.4, 0.5) is 4.79 Å². The molecule has 0 saturated carbocycles. The number of amides is 2. The number of hydrogen-bond acceptors (Lipinski definition) is 4. The molecule has 0 spiro atoms. The molecule has 0 saturated heterocycles. The minimum atomic E-state index is -0.575. The fourth-order valence-electron chi connectivity index (χ4n) is 2.16.